The second-order valence-electron chi connectivity index (χ2n) is 5.52. The molecule has 0 amide bonds. The van der Waals surface area contributed by atoms with Crippen LogP contribution in [0.15, 0.2) is 47.8 Å². The fourth-order valence-electron chi connectivity index (χ4n) is 2.39. The predicted octanol–water partition coefficient (Wildman–Crippen LogP) is 4.40. The van der Waals surface area contributed by atoms with Crippen molar-refractivity contribution >= 4 is 34.4 Å². The lowest BCUT2D eigenvalue weighted by atomic mass is 10.1. The van der Waals surface area contributed by atoms with Gasteiger partial charge in [0.15, 0.2) is 5.75 Å². The summed E-state index contributed by atoms with van der Waals surface area (Å²) in [6, 6.07) is 11.7. The van der Waals surface area contributed by atoms with E-state index in [0.717, 1.165) is 6.07 Å². The molecule has 0 aliphatic rings. The van der Waals surface area contributed by atoms with Crippen LogP contribution < -0.4 is 0 Å². The topological polar surface area (TPSA) is 143 Å². The van der Waals surface area contributed by atoms with Crippen LogP contribution in [-0.4, -0.2) is 19.9 Å². The van der Waals surface area contributed by atoms with E-state index in [1.165, 1.54) is 41.7 Å². The molecule has 28 heavy (non-hydrogen) atoms. The second kappa shape index (κ2) is 7.65. The highest BCUT2D eigenvalue weighted by Gasteiger charge is 2.15. The molecule has 1 N–H and O–H groups in total. The maximum atomic E-state index is 10.9. The van der Waals surface area contributed by atoms with E-state index in [-0.39, 0.29) is 11.3 Å². The number of nitro groups is 2. The maximum absolute atomic E-state index is 10.9. The lowest BCUT2D eigenvalue weighted by Gasteiger charge is -1.99. The summed E-state index contributed by atoms with van der Waals surface area (Å²) < 4.78 is 0. The Labute approximate surface area is 161 Å². The number of phenols is 1. The molecule has 0 radical (unpaired) electrons. The van der Waals surface area contributed by atoms with Gasteiger partial charge < -0.3 is 5.11 Å². The molecule has 0 fully saturated rings. The van der Waals surface area contributed by atoms with Gasteiger partial charge in [0, 0.05) is 29.1 Å². The molecule has 0 aliphatic heterocycles. The zero-order valence-corrected chi connectivity index (χ0v) is 14.8. The van der Waals surface area contributed by atoms with E-state index in [1.807, 2.05) is 6.07 Å². The van der Waals surface area contributed by atoms with E-state index in [2.05, 4.69) is 4.98 Å². The van der Waals surface area contributed by atoms with Gasteiger partial charge in [0.25, 0.3) is 5.69 Å². The number of hydrogen-bond donors (Lipinski definition) is 1. The fraction of sp³-hybridized carbons (Fsp3) is 0. The summed E-state index contributed by atoms with van der Waals surface area (Å²) in [4.78, 5) is 25.0. The van der Waals surface area contributed by atoms with Crippen LogP contribution in [0.25, 0.3) is 22.9 Å². The summed E-state index contributed by atoms with van der Waals surface area (Å²) in [6.07, 6.45) is 1.42. The van der Waals surface area contributed by atoms with Gasteiger partial charge in [0.1, 0.15) is 11.1 Å². The molecular formula is C18H10N4O5S. The number of aromatic nitrogens is 1. The number of nitro benzene ring substituents is 2. The van der Waals surface area contributed by atoms with Gasteiger partial charge in [0.2, 0.25) is 0 Å². The van der Waals surface area contributed by atoms with Gasteiger partial charge in [-0.05, 0) is 17.7 Å². The first-order valence-electron chi connectivity index (χ1n) is 7.69. The number of benzene rings is 2. The van der Waals surface area contributed by atoms with Crippen LogP contribution in [0, 0.1) is 31.6 Å². The van der Waals surface area contributed by atoms with E-state index in [1.54, 1.807) is 17.5 Å². The van der Waals surface area contributed by atoms with Crippen molar-refractivity contribution in [3.8, 4) is 23.1 Å². The van der Waals surface area contributed by atoms with Crippen LogP contribution in [0.2, 0.25) is 0 Å². The summed E-state index contributed by atoms with van der Waals surface area (Å²) in [5.74, 6) is -0.470. The predicted molar refractivity (Wildman–Crippen MR) is 102 cm³/mol. The normalized spacial score (nSPS) is 11.0. The highest BCUT2D eigenvalue weighted by molar-refractivity contribution is 7.11. The zero-order chi connectivity index (χ0) is 20.3. The molecule has 0 bridgehead atoms. The van der Waals surface area contributed by atoms with Crippen LogP contribution in [0.5, 0.6) is 5.75 Å². The van der Waals surface area contributed by atoms with Crippen molar-refractivity contribution in [2.75, 3.05) is 0 Å². The average Bonchev–Trinajstić information content (AvgIpc) is 3.17. The van der Waals surface area contributed by atoms with E-state index in [4.69, 9.17) is 0 Å². The van der Waals surface area contributed by atoms with Gasteiger partial charge >= 0.3 is 5.69 Å². The van der Waals surface area contributed by atoms with Crippen LogP contribution in [-0.2, 0) is 0 Å². The molecule has 3 aromatic rings. The third-order valence-corrected chi connectivity index (χ3v) is 4.59. The minimum absolute atomic E-state index is 0.0699. The highest BCUT2D eigenvalue weighted by Crippen LogP contribution is 2.31. The van der Waals surface area contributed by atoms with Crippen molar-refractivity contribution in [1.29, 1.82) is 5.26 Å². The number of non-ortho nitro benzene ring substituents is 1. The molecule has 0 saturated carbocycles. The lowest BCUT2D eigenvalue weighted by molar-refractivity contribution is -0.385. The SMILES string of the molecule is N#C/C(=C\c1ccc(O)c([N+](=O)[O-])c1)c1nc(-c2cccc([N+](=O)[O-])c2)cs1. The average molecular weight is 394 g/mol. The van der Waals surface area contributed by atoms with E-state index < -0.39 is 21.3 Å². The molecule has 138 valence electrons. The molecule has 1 heterocycles. The molecule has 1 aromatic heterocycles. The molecule has 0 spiro atoms. The third-order valence-electron chi connectivity index (χ3n) is 3.71. The Morgan fingerprint density at radius 2 is 1.96 bits per heavy atom. The Balaban J connectivity index is 1.97. The van der Waals surface area contributed by atoms with Gasteiger partial charge in [-0.25, -0.2) is 4.98 Å². The van der Waals surface area contributed by atoms with Crippen molar-refractivity contribution in [2.45, 2.75) is 0 Å². The molecule has 0 unspecified atom stereocenters. The first kappa shape index (κ1) is 18.7. The number of rotatable bonds is 5. The van der Waals surface area contributed by atoms with Crippen LogP contribution in [0.4, 0.5) is 11.4 Å². The summed E-state index contributed by atoms with van der Waals surface area (Å²) in [6.45, 7) is 0. The van der Waals surface area contributed by atoms with Gasteiger partial charge in [-0.2, -0.15) is 5.26 Å². The van der Waals surface area contributed by atoms with Crippen molar-refractivity contribution in [3.63, 3.8) is 0 Å². The number of thiazole rings is 1. The number of allylic oxidation sites excluding steroid dienone is 1. The smallest absolute Gasteiger partial charge is 0.311 e. The Morgan fingerprint density at radius 1 is 1.18 bits per heavy atom. The van der Waals surface area contributed by atoms with Gasteiger partial charge in [-0.1, -0.05) is 18.2 Å². The van der Waals surface area contributed by atoms with Gasteiger partial charge in [-0.3, -0.25) is 20.2 Å². The molecule has 0 atom stereocenters. The molecule has 3 rings (SSSR count). The minimum Gasteiger partial charge on any atom is -0.502 e. The molecule has 9 nitrogen and oxygen atoms in total. The van der Waals surface area contributed by atoms with Crippen molar-refractivity contribution in [3.05, 3.63) is 78.6 Å². The summed E-state index contributed by atoms with van der Waals surface area (Å²) in [7, 11) is 0. The van der Waals surface area contributed by atoms with Crippen molar-refractivity contribution < 1.29 is 15.0 Å². The lowest BCUT2D eigenvalue weighted by Crippen LogP contribution is -1.90. The second-order valence-corrected chi connectivity index (χ2v) is 6.38. The molecule has 0 saturated heterocycles. The van der Waals surface area contributed by atoms with E-state index in [0.29, 0.717) is 21.8 Å². The fourth-order valence-corrected chi connectivity index (χ4v) is 3.19. The van der Waals surface area contributed by atoms with Crippen LogP contribution in [0.3, 0.4) is 0 Å². The zero-order valence-electron chi connectivity index (χ0n) is 14.0. The minimum atomic E-state index is -0.720. The van der Waals surface area contributed by atoms with Crippen LogP contribution in [0.1, 0.15) is 10.6 Å². The van der Waals surface area contributed by atoms with Gasteiger partial charge in [0.05, 0.1) is 21.1 Å². The Hall–Kier alpha value is -4.10. The molecule has 0 aliphatic carbocycles. The number of nitrogens with zero attached hydrogens (tertiary/aromatic N) is 4. The quantitative estimate of drug-likeness (QED) is 0.384. The monoisotopic (exact) mass is 394 g/mol. The molecular weight excluding hydrogens is 384 g/mol. The van der Waals surface area contributed by atoms with Crippen molar-refractivity contribution in [1.82, 2.24) is 4.98 Å². The third kappa shape index (κ3) is 3.84. The van der Waals surface area contributed by atoms with E-state index in [9.17, 15) is 30.6 Å². The van der Waals surface area contributed by atoms with Crippen molar-refractivity contribution in [2.24, 2.45) is 0 Å². The highest BCUT2D eigenvalue weighted by atomic mass is 32.1. The van der Waals surface area contributed by atoms with Crippen LogP contribution >= 0.6 is 11.3 Å². The van der Waals surface area contributed by atoms with E-state index >= 15 is 0 Å². The number of aromatic hydroxyl groups is 1. The Kier molecular flexibility index (Phi) is 5.10. The van der Waals surface area contributed by atoms with Gasteiger partial charge in [-0.15, -0.1) is 11.3 Å². The Bertz CT molecular complexity index is 1160. The first-order chi connectivity index (χ1) is 13.4. The Morgan fingerprint density at radius 3 is 2.64 bits per heavy atom. The molecule has 10 heteroatoms. The number of nitriles is 1. The number of phenolic OH excluding ortho intramolecular Hbond substituents is 1. The maximum Gasteiger partial charge on any atom is 0.311 e. The number of hydrogen-bond acceptors (Lipinski definition) is 8. The molecule has 2 aromatic carbocycles. The largest absolute Gasteiger partial charge is 0.502 e. The first-order valence-corrected chi connectivity index (χ1v) is 8.57. The summed E-state index contributed by atoms with van der Waals surface area (Å²) in [5, 5.41) is 42.8. The summed E-state index contributed by atoms with van der Waals surface area (Å²) in [5.41, 5.74) is 0.993. The standard InChI is InChI=1S/C18H10N4O5S/c19-9-13(6-11-4-5-17(23)16(7-11)22(26)27)18-20-15(10-28-18)12-2-1-3-14(8-12)21(24)25/h1-8,10,23H/b13-6+. The summed E-state index contributed by atoms with van der Waals surface area (Å²) >= 11 is 1.17.